The lowest BCUT2D eigenvalue weighted by atomic mass is 9.97. The third kappa shape index (κ3) is 3.41. The van der Waals surface area contributed by atoms with Crippen molar-refractivity contribution in [2.75, 3.05) is 13.1 Å². The highest BCUT2D eigenvalue weighted by Gasteiger charge is 2.36. The fourth-order valence-electron chi connectivity index (χ4n) is 3.23. The van der Waals surface area contributed by atoms with Gasteiger partial charge in [-0.05, 0) is 40.2 Å². The van der Waals surface area contributed by atoms with Crippen molar-refractivity contribution in [2.24, 2.45) is 0 Å². The molecule has 1 atom stereocenters. The fraction of sp³-hybridized carbons (Fsp3) is 0.706. The Balaban J connectivity index is 1.60. The first-order chi connectivity index (χ1) is 10.7. The van der Waals surface area contributed by atoms with Gasteiger partial charge in [-0.2, -0.15) is 5.10 Å². The SMILES string of the molecule is Cc1cc(C2CN(C(=O)OC(C)(C)C)C2)nn1C1CCC(=O)C1. The highest BCUT2D eigenvalue weighted by molar-refractivity contribution is 5.80. The second-order valence-electron chi connectivity index (χ2n) is 7.67. The Kier molecular flexibility index (Phi) is 3.94. The lowest BCUT2D eigenvalue weighted by molar-refractivity contribution is -0.117. The number of amides is 1. The summed E-state index contributed by atoms with van der Waals surface area (Å²) in [5, 5.41) is 4.70. The number of carbonyl (C=O) groups is 2. The molecule has 1 aromatic rings. The molecule has 2 aliphatic rings. The smallest absolute Gasteiger partial charge is 0.410 e. The van der Waals surface area contributed by atoms with Gasteiger partial charge in [-0.15, -0.1) is 0 Å². The van der Waals surface area contributed by atoms with Crippen molar-refractivity contribution in [1.29, 1.82) is 0 Å². The summed E-state index contributed by atoms with van der Waals surface area (Å²) in [7, 11) is 0. The maximum atomic E-state index is 12.0. The zero-order valence-corrected chi connectivity index (χ0v) is 14.3. The second kappa shape index (κ2) is 5.65. The molecule has 0 N–H and O–H groups in total. The van der Waals surface area contributed by atoms with E-state index in [9.17, 15) is 9.59 Å². The van der Waals surface area contributed by atoms with Crippen LogP contribution in [-0.2, 0) is 9.53 Å². The number of nitrogens with zero attached hydrogens (tertiary/aromatic N) is 3. The molecule has 1 aliphatic carbocycles. The van der Waals surface area contributed by atoms with E-state index in [-0.39, 0.29) is 18.1 Å². The highest BCUT2D eigenvalue weighted by Crippen LogP contribution is 2.32. The van der Waals surface area contributed by atoms with Gasteiger partial charge >= 0.3 is 6.09 Å². The van der Waals surface area contributed by atoms with Crippen LogP contribution in [0.4, 0.5) is 4.79 Å². The van der Waals surface area contributed by atoms with Gasteiger partial charge in [-0.25, -0.2) is 4.79 Å². The van der Waals surface area contributed by atoms with E-state index in [0.717, 1.165) is 17.8 Å². The molecule has 6 nitrogen and oxygen atoms in total. The summed E-state index contributed by atoms with van der Waals surface area (Å²) < 4.78 is 7.37. The van der Waals surface area contributed by atoms with Crippen LogP contribution in [0.25, 0.3) is 0 Å². The first-order valence-electron chi connectivity index (χ1n) is 8.28. The van der Waals surface area contributed by atoms with E-state index in [1.54, 1.807) is 4.90 Å². The number of carbonyl (C=O) groups excluding carboxylic acids is 2. The molecule has 3 rings (SSSR count). The van der Waals surface area contributed by atoms with E-state index in [4.69, 9.17) is 9.84 Å². The molecule has 0 bridgehead atoms. The van der Waals surface area contributed by atoms with Crippen LogP contribution in [0.1, 0.15) is 63.4 Å². The summed E-state index contributed by atoms with van der Waals surface area (Å²) in [6.07, 6.45) is 1.88. The number of aryl methyl sites for hydroxylation is 1. The standard InChI is InChI=1S/C17H25N3O3/c1-11-7-15(18-20(11)13-5-6-14(21)8-13)12-9-19(10-12)16(22)23-17(2,3)4/h7,12-13H,5-6,8-10H2,1-4H3. The summed E-state index contributed by atoms with van der Waals surface area (Å²) >= 11 is 0. The van der Waals surface area contributed by atoms with Gasteiger partial charge in [0.25, 0.3) is 0 Å². The van der Waals surface area contributed by atoms with Gasteiger partial charge in [-0.3, -0.25) is 9.48 Å². The van der Waals surface area contributed by atoms with Crippen molar-refractivity contribution >= 4 is 11.9 Å². The van der Waals surface area contributed by atoms with Crippen molar-refractivity contribution in [3.05, 3.63) is 17.5 Å². The van der Waals surface area contributed by atoms with Crippen LogP contribution in [0.2, 0.25) is 0 Å². The molecule has 6 heteroatoms. The zero-order chi connectivity index (χ0) is 16.8. The van der Waals surface area contributed by atoms with Gasteiger partial charge < -0.3 is 9.64 Å². The minimum absolute atomic E-state index is 0.207. The largest absolute Gasteiger partial charge is 0.444 e. The summed E-state index contributed by atoms with van der Waals surface area (Å²) in [5.41, 5.74) is 1.65. The normalized spacial score (nSPS) is 22.3. The minimum atomic E-state index is -0.463. The Morgan fingerprint density at radius 2 is 2.04 bits per heavy atom. The van der Waals surface area contributed by atoms with Crippen molar-refractivity contribution in [3.63, 3.8) is 0 Å². The average Bonchev–Trinajstić information content (AvgIpc) is 2.91. The topological polar surface area (TPSA) is 64.4 Å². The lowest BCUT2D eigenvalue weighted by Crippen LogP contribution is -2.50. The molecule has 0 radical (unpaired) electrons. The van der Waals surface area contributed by atoms with E-state index in [1.165, 1.54) is 0 Å². The molecule has 1 saturated carbocycles. The van der Waals surface area contributed by atoms with E-state index in [0.29, 0.717) is 31.7 Å². The van der Waals surface area contributed by atoms with Crippen LogP contribution in [0.3, 0.4) is 0 Å². The predicted octanol–water partition coefficient (Wildman–Crippen LogP) is 2.82. The third-order valence-electron chi connectivity index (χ3n) is 4.46. The number of rotatable bonds is 2. The van der Waals surface area contributed by atoms with Gasteiger partial charge in [-0.1, -0.05) is 0 Å². The van der Waals surface area contributed by atoms with E-state index in [2.05, 4.69) is 6.07 Å². The molecule has 0 spiro atoms. The predicted molar refractivity (Wildman–Crippen MR) is 85.4 cm³/mol. The molecule has 1 aromatic heterocycles. The maximum absolute atomic E-state index is 12.0. The average molecular weight is 319 g/mol. The van der Waals surface area contributed by atoms with Crippen LogP contribution >= 0.6 is 0 Å². The van der Waals surface area contributed by atoms with Gasteiger partial charge in [0.2, 0.25) is 0 Å². The van der Waals surface area contributed by atoms with E-state index >= 15 is 0 Å². The number of ketones is 1. The number of likely N-dealkylation sites (tertiary alicyclic amines) is 1. The quantitative estimate of drug-likeness (QED) is 0.841. The summed E-state index contributed by atoms with van der Waals surface area (Å²) in [6, 6.07) is 2.29. The van der Waals surface area contributed by atoms with Crippen molar-refractivity contribution in [2.45, 2.75) is 64.5 Å². The van der Waals surface area contributed by atoms with Crippen LogP contribution in [-0.4, -0.2) is 45.2 Å². The Hall–Kier alpha value is -1.85. The van der Waals surface area contributed by atoms with Crippen molar-refractivity contribution in [3.8, 4) is 0 Å². The highest BCUT2D eigenvalue weighted by atomic mass is 16.6. The molecule has 1 saturated heterocycles. The number of Topliss-reactive ketones (excluding diaryl/α,β-unsaturated/α-hetero) is 1. The fourth-order valence-corrected chi connectivity index (χ4v) is 3.23. The molecule has 1 unspecified atom stereocenters. The summed E-state index contributed by atoms with van der Waals surface area (Å²) in [5.74, 6) is 0.589. The summed E-state index contributed by atoms with van der Waals surface area (Å²) in [6.45, 7) is 8.94. The first kappa shape index (κ1) is 16.0. The van der Waals surface area contributed by atoms with Crippen LogP contribution < -0.4 is 0 Å². The molecule has 2 fully saturated rings. The zero-order valence-electron chi connectivity index (χ0n) is 14.3. The van der Waals surface area contributed by atoms with Gasteiger partial charge in [0.15, 0.2) is 0 Å². The molecular formula is C17H25N3O3. The minimum Gasteiger partial charge on any atom is -0.444 e. The lowest BCUT2D eigenvalue weighted by Gasteiger charge is -2.39. The van der Waals surface area contributed by atoms with Crippen LogP contribution in [0.15, 0.2) is 6.07 Å². The second-order valence-corrected chi connectivity index (χ2v) is 7.67. The molecule has 0 aromatic carbocycles. The van der Waals surface area contributed by atoms with Crippen LogP contribution in [0, 0.1) is 6.92 Å². The molecule has 1 aliphatic heterocycles. The molecule has 2 heterocycles. The van der Waals surface area contributed by atoms with Gasteiger partial charge in [0.05, 0.1) is 11.7 Å². The Labute approximate surface area is 136 Å². The van der Waals surface area contributed by atoms with Crippen molar-refractivity contribution in [1.82, 2.24) is 14.7 Å². The Morgan fingerprint density at radius 3 is 2.61 bits per heavy atom. The number of hydrogen-bond acceptors (Lipinski definition) is 4. The molecule has 1 amide bonds. The number of hydrogen-bond donors (Lipinski definition) is 0. The summed E-state index contributed by atoms with van der Waals surface area (Å²) in [4.78, 5) is 25.2. The number of ether oxygens (including phenoxy) is 1. The first-order valence-corrected chi connectivity index (χ1v) is 8.28. The maximum Gasteiger partial charge on any atom is 0.410 e. The third-order valence-corrected chi connectivity index (χ3v) is 4.46. The Bertz CT molecular complexity index is 624. The number of aromatic nitrogens is 2. The monoisotopic (exact) mass is 319 g/mol. The molecular weight excluding hydrogens is 294 g/mol. The Morgan fingerprint density at radius 1 is 1.35 bits per heavy atom. The van der Waals surface area contributed by atoms with Crippen LogP contribution in [0.5, 0.6) is 0 Å². The molecule has 126 valence electrons. The van der Waals surface area contributed by atoms with Gasteiger partial charge in [0.1, 0.15) is 11.4 Å². The van der Waals surface area contributed by atoms with Gasteiger partial charge in [0, 0.05) is 37.5 Å². The van der Waals surface area contributed by atoms with Crippen molar-refractivity contribution < 1.29 is 14.3 Å². The molecule has 23 heavy (non-hydrogen) atoms. The van der Waals surface area contributed by atoms with E-state index in [1.807, 2.05) is 32.4 Å². The van der Waals surface area contributed by atoms with E-state index < -0.39 is 5.60 Å².